The van der Waals surface area contributed by atoms with Crippen LogP contribution in [0.3, 0.4) is 0 Å². The maximum Gasteiger partial charge on any atom is 0.490 e. The van der Waals surface area contributed by atoms with Gasteiger partial charge in [0.1, 0.15) is 9.22 Å². The summed E-state index contributed by atoms with van der Waals surface area (Å²) in [5.74, 6) is -2.14. The van der Waals surface area contributed by atoms with Gasteiger partial charge in [0, 0.05) is 36.1 Å². The molecule has 1 aromatic carbocycles. The number of hydrogen-bond acceptors (Lipinski definition) is 8. The molecule has 4 aromatic rings. The number of benzene rings is 1. The molecular formula is C26H27F3N4O5S3. The first-order chi connectivity index (χ1) is 19.4. The average molecular weight is 629 g/mol. The molecule has 2 fully saturated rings. The normalized spacial score (nSPS) is 17.9. The molecule has 1 aliphatic heterocycles. The number of nitrogens with zero attached hydrogens (tertiary/aromatic N) is 2. The molecule has 0 amide bonds. The van der Waals surface area contributed by atoms with E-state index in [0.29, 0.717) is 22.4 Å². The Balaban J connectivity index is 0.000000431. The molecule has 0 bridgehead atoms. The largest absolute Gasteiger partial charge is 0.490 e. The van der Waals surface area contributed by atoms with E-state index in [1.807, 2.05) is 35.8 Å². The first-order valence-electron chi connectivity index (χ1n) is 12.8. The van der Waals surface area contributed by atoms with E-state index in [1.165, 1.54) is 24.2 Å². The number of thiazole rings is 1. The van der Waals surface area contributed by atoms with E-state index in [2.05, 4.69) is 19.6 Å². The molecule has 220 valence electrons. The molecule has 6 rings (SSSR count). The van der Waals surface area contributed by atoms with E-state index in [4.69, 9.17) is 9.90 Å². The predicted molar refractivity (Wildman–Crippen MR) is 151 cm³/mol. The average Bonchev–Trinajstić information content (AvgIpc) is 3.32. The van der Waals surface area contributed by atoms with Gasteiger partial charge in [-0.2, -0.15) is 13.2 Å². The number of anilines is 1. The van der Waals surface area contributed by atoms with Crippen molar-refractivity contribution in [3.63, 3.8) is 0 Å². The van der Waals surface area contributed by atoms with E-state index < -0.39 is 22.2 Å². The minimum atomic E-state index is -5.08. The number of thiophene rings is 1. The van der Waals surface area contributed by atoms with Crippen LogP contribution in [-0.2, 0) is 27.8 Å². The molecular weight excluding hydrogens is 602 g/mol. The predicted octanol–water partition coefficient (Wildman–Crippen LogP) is 5.31. The fraction of sp³-hybridized carbons (Fsp3) is 0.385. The molecule has 2 aliphatic rings. The highest BCUT2D eigenvalue weighted by atomic mass is 32.2. The second kappa shape index (κ2) is 11.7. The number of aliphatic carboxylic acids is 1. The number of aliphatic hydroxyl groups excluding tert-OH is 1. The number of sulfonamides is 1. The Hall–Kier alpha value is -2.98. The highest BCUT2D eigenvalue weighted by molar-refractivity contribution is 7.94. The number of rotatable bonds is 8. The van der Waals surface area contributed by atoms with Crippen molar-refractivity contribution in [2.75, 3.05) is 17.8 Å². The zero-order valence-corrected chi connectivity index (χ0v) is 24.0. The SMILES string of the molecule is O=C(O)C(F)(F)F.O=S(=O)(Nc1cccc2cc(-c3ncc(CN4CCC(O)C4)s3)[nH]c12)c1sccc1CC1CC1. The Bertz CT molecular complexity index is 1640. The summed E-state index contributed by atoms with van der Waals surface area (Å²) in [6.07, 6.45) is 0.594. The minimum absolute atomic E-state index is 0.234. The first-order valence-corrected chi connectivity index (χ1v) is 15.9. The highest BCUT2D eigenvalue weighted by Crippen LogP contribution is 2.37. The number of nitrogens with one attached hydrogen (secondary N) is 2. The highest BCUT2D eigenvalue weighted by Gasteiger charge is 2.38. The van der Waals surface area contributed by atoms with Gasteiger partial charge in [0.05, 0.1) is 23.0 Å². The van der Waals surface area contributed by atoms with Gasteiger partial charge in [-0.05, 0) is 60.7 Å². The van der Waals surface area contributed by atoms with Crippen molar-refractivity contribution < 1.29 is 36.6 Å². The third kappa shape index (κ3) is 7.27. The van der Waals surface area contributed by atoms with Crippen molar-refractivity contribution in [1.29, 1.82) is 0 Å². The summed E-state index contributed by atoms with van der Waals surface area (Å²) in [6.45, 7) is 2.39. The number of β-amino-alcohol motifs (C(OH)–C–C–N with tert-alkyl or cyclic N) is 1. The van der Waals surface area contributed by atoms with Gasteiger partial charge in [-0.1, -0.05) is 12.1 Å². The second-order valence-electron chi connectivity index (χ2n) is 10.1. The van der Waals surface area contributed by atoms with E-state index in [1.54, 1.807) is 17.4 Å². The zero-order valence-electron chi connectivity index (χ0n) is 21.5. The summed E-state index contributed by atoms with van der Waals surface area (Å²) in [6, 6.07) is 9.58. The number of alkyl halides is 3. The Morgan fingerprint density at radius 1 is 1.22 bits per heavy atom. The summed E-state index contributed by atoms with van der Waals surface area (Å²) >= 11 is 2.90. The van der Waals surface area contributed by atoms with Gasteiger partial charge in [0.25, 0.3) is 10.0 Å². The fourth-order valence-electron chi connectivity index (χ4n) is 4.57. The maximum atomic E-state index is 13.2. The van der Waals surface area contributed by atoms with E-state index >= 15 is 0 Å². The Labute approximate surface area is 241 Å². The minimum Gasteiger partial charge on any atom is -0.475 e. The number of likely N-dealkylation sites (tertiary alicyclic amines) is 1. The Morgan fingerprint density at radius 2 is 1.98 bits per heavy atom. The van der Waals surface area contributed by atoms with Gasteiger partial charge < -0.3 is 15.2 Å². The topological polar surface area (TPSA) is 136 Å². The van der Waals surface area contributed by atoms with Crippen molar-refractivity contribution in [3.8, 4) is 10.7 Å². The molecule has 1 aliphatic carbocycles. The van der Waals surface area contributed by atoms with Crippen LogP contribution in [0.15, 0.2) is 46.1 Å². The van der Waals surface area contributed by atoms with E-state index in [-0.39, 0.29) is 6.10 Å². The van der Waals surface area contributed by atoms with Crippen molar-refractivity contribution in [2.45, 2.75) is 48.7 Å². The zero-order chi connectivity index (χ0) is 29.4. The van der Waals surface area contributed by atoms with Crippen LogP contribution in [0, 0.1) is 5.92 Å². The van der Waals surface area contributed by atoms with Crippen molar-refractivity contribution in [2.24, 2.45) is 5.92 Å². The van der Waals surface area contributed by atoms with Crippen LogP contribution in [0.4, 0.5) is 18.9 Å². The van der Waals surface area contributed by atoms with Crippen LogP contribution in [0.1, 0.15) is 29.7 Å². The monoisotopic (exact) mass is 628 g/mol. The molecule has 0 spiro atoms. The Kier molecular flexibility index (Phi) is 8.43. The van der Waals surface area contributed by atoms with Crippen LogP contribution >= 0.6 is 22.7 Å². The van der Waals surface area contributed by atoms with Crippen LogP contribution in [0.5, 0.6) is 0 Å². The van der Waals surface area contributed by atoms with Crippen molar-refractivity contribution in [3.05, 3.63) is 52.3 Å². The molecule has 4 N–H and O–H groups in total. The number of fused-ring (bicyclic) bond motifs is 1. The van der Waals surface area contributed by atoms with Crippen LogP contribution in [-0.4, -0.2) is 64.8 Å². The van der Waals surface area contributed by atoms with Gasteiger partial charge in [-0.25, -0.2) is 18.2 Å². The molecule has 4 heterocycles. The summed E-state index contributed by atoms with van der Waals surface area (Å²) in [5.41, 5.74) is 3.07. The molecule has 41 heavy (non-hydrogen) atoms. The summed E-state index contributed by atoms with van der Waals surface area (Å²) in [7, 11) is -3.67. The molecule has 1 saturated carbocycles. The van der Waals surface area contributed by atoms with Gasteiger partial charge in [0.15, 0.2) is 0 Å². The number of H-pyrrole nitrogens is 1. The molecule has 1 atom stereocenters. The van der Waals surface area contributed by atoms with E-state index in [0.717, 1.165) is 58.0 Å². The third-order valence-electron chi connectivity index (χ3n) is 6.71. The standard InChI is InChI=1S/C24H26N4O3S3.C2HF3O2/c29-18-6-8-28(13-18)14-19-12-25-23(33-19)21-11-16-2-1-3-20(22(16)26-21)27-34(30,31)24-17(7-9-32-24)10-15-4-5-15;3-2(4,5)1(6)7/h1-3,7,9,11-12,15,18,26-27,29H,4-6,8,10,13-14H2;(H,6,7). The molecule has 9 nitrogen and oxygen atoms in total. The van der Waals surface area contributed by atoms with Crippen molar-refractivity contribution in [1.82, 2.24) is 14.9 Å². The van der Waals surface area contributed by atoms with E-state index in [9.17, 15) is 26.7 Å². The number of aromatic nitrogens is 2. The number of aromatic amines is 1. The summed E-state index contributed by atoms with van der Waals surface area (Å²) in [5, 5.41) is 20.5. The lowest BCUT2D eigenvalue weighted by atomic mass is 10.2. The fourth-order valence-corrected chi connectivity index (χ4v) is 8.00. The molecule has 1 unspecified atom stereocenters. The number of carboxylic acids is 1. The number of aliphatic hydroxyl groups is 1. The third-order valence-corrected chi connectivity index (χ3v) is 10.7. The number of hydrogen-bond donors (Lipinski definition) is 4. The molecule has 3 aromatic heterocycles. The smallest absolute Gasteiger partial charge is 0.475 e. The number of carbonyl (C=O) groups is 1. The maximum absolute atomic E-state index is 13.2. The molecule has 0 radical (unpaired) electrons. The number of para-hydroxylation sites is 1. The summed E-state index contributed by atoms with van der Waals surface area (Å²) in [4.78, 5) is 20.3. The number of carboxylic acid groups (broad SMARTS) is 1. The van der Waals surface area contributed by atoms with Gasteiger partial charge in [-0.15, -0.1) is 22.7 Å². The van der Waals surface area contributed by atoms with Crippen LogP contribution in [0.25, 0.3) is 21.6 Å². The molecule has 1 saturated heterocycles. The molecule has 15 heteroatoms. The lowest BCUT2D eigenvalue weighted by molar-refractivity contribution is -0.192. The van der Waals surface area contributed by atoms with Crippen LogP contribution < -0.4 is 4.72 Å². The number of halogens is 3. The second-order valence-corrected chi connectivity index (χ2v) is 14.0. The lowest BCUT2D eigenvalue weighted by Crippen LogP contribution is -2.21. The quantitative estimate of drug-likeness (QED) is 0.208. The van der Waals surface area contributed by atoms with Gasteiger partial charge >= 0.3 is 12.1 Å². The summed E-state index contributed by atoms with van der Waals surface area (Å²) < 4.78 is 61.5. The Morgan fingerprint density at radius 3 is 2.63 bits per heavy atom. The lowest BCUT2D eigenvalue weighted by Gasteiger charge is -2.12. The van der Waals surface area contributed by atoms with Crippen LogP contribution in [0.2, 0.25) is 0 Å². The first kappa shape index (κ1) is 29.5. The van der Waals surface area contributed by atoms with Gasteiger partial charge in [0.2, 0.25) is 0 Å². The van der Waals surface area contributed by atoms with Crippen molar-refractivity contribution >= 4 is 55.3 Å². The van der Waals surface area contributed by atoms with Gasteiger partial charge in [-0.3, -0.25) is 9.62 Å².